The van der Waals surface area contributed by atoms with E-state index < -0.39 is 0 Å². The summed E-state index contributed by atoms with van der Waals surface area (Å²) in [4.78, 5) is 14.4. The van der Waals surface area contributed by atoms with E-state index >= 15 is 0 Å². The number of rotatable bonds is 6. The molecule has 3 aromatic rings. The van der Waals surface area contributed by atoms with Gasteiger partial charge in [-0.15, -0.1) is 12.4 Å². The largest absolute Gasteiger partial charge is 0.489 e. The lowest BCUT2D eigenvalue weighted by atomic mass is 9.96. The molecule has 1 aliphatic heterocycles. The molecule has 0 saturated carbocycles. The Kier molecular flexibility index (Phi) is 8.33. The van der Waals surface area contributed by atoms with Crippen LogP contribution in [0.1, 0.15) is 18.4 Å². The monoisotopic (exact) mass is 464 g/mol. The lowest BCUT2D eigenvalue weighted by Crippen LogP contribution is -2.44. The summed E-state index contributed by atoms with van der Waals surface area (Å²) in [6.45, 7) is 1.73. The highest BCUT2D eigenvalue weighted by molar-refractivity contribution is 5.93. The summed E-state index contributed by atoms with van der Waals surface area (Å²) in [5.41, 5.74) is 9.70. The fourth-order valence-corrected chi connectivity index (χ4v) is 3.88. The number of anilines is 1. The Bertz CT molecular complexity index is 1070. The van der Waals surface area contributed by atoms with Crippen molar-refractivity contribution in [2.45, 2.75) is 19.4 Å². The molecule has 0 spiro atoms. The molecule has 1 aliphatic rings. The van der Waals surface area contributed by atoms with Crippen LogP contribution in [0.5, 0.6) is 5.75 Å². The molecule has 172 valence electrons. The second-order valence-corrected chi connectivity index (χ2v) is 8.02. The van der Waals surface area contributed by atoms with Crippen LogP contribution < -0.4 is 15.8 Å². The van der Waals surface area contributed by atoms with Gasteiger partial charge in [-0.3, -0.25) is 10.2 Å². The molecular weight excluding hydrogens is 436 g/mol. The highest BCUT2D eigenvalue weighted by Crippen LogP contribution is 2.23. The molecule has 0 unspecified atom stereocenters. The van der Waals surface area contributed by atoms with Crippen LogP contribution in [-0.2, 0) is 11.4 Å². The van der Waals surface area contributed by atoms with Crippen molar-refractivity contribution in [3.8, 4) is 16.9 Å². The van der Waals surface area contributed by atoms with E-state index in [1.54, 1.807) is 4.90 Å². The third-order valence-corrected chi connectivity index (χ3v) is 5.77. The van der Waals surface area contributed by atoms with E-state index in [2.05, 4.69) is 41.7 Å². The van der Waals surface area contributed by atoms with E-state index in [1.807, 2.05) is 42.5 Å². The van der Waals surface area contributed by atoms with Crippen LogP contribution in [0.4, 0.5) is 5.69 Å². The van der Waals surface area contributed by atoms with Gasteiger partial charge in [0, 0.05) is 30.8 Å². The maximum Gasteiger partial charge on any atom is 0.227 e. The summed E-state index contributed by atoms with van der Waals surface area (Å²) in [6, 6.07) is 26.1. The number of nitrogens with one attached hydrogen (secondary N) is 2. The first-order valence-corrected chi connectivity index (χ1v) is 10.9. The Balaban J connectivity index is 0.00000306. The first kappa shape index (κ1) is 24.1. The first-order valence-electron chi connectivity index (χ1n) is 10.9. The minimum absolute atomic E-state index is 0. The van der Waals surface area contributed by atoms with Crippen molar-refractivity contribution >= 4 is 30.0 Å². The number of nitrogens with two attached hydrogens (primary N) is 1. The van der Waals surface area contributed by atoms with Gasteiger partial charge in [-0.2, -0.15) is 0 Å². The predicted octanol–water partition coefficient (Wildman–Crippen LogP) is 4.90. The quantitative estimate of drug-likeness (QED) is 0.357. The summed E-state index contributed by atoms with van der Waals surface area (Å²) in [5, 5.41) is 10.5. The van der Waals surface area contributed by atoms with Gasteiger partial charge in [-0.25, -0.2) is 0 Å². The Labute approximate surface area is 200 Å². The van der Waals surface area contributed by atoms with E-state index in [0.717, 1.165) is 11.3 Å². The highest BCUT2D eigenvalue weighted by Gasteiger charge is 2.25. The Hall–Kier alpha value is -3.51. The minimum atomic E-state index is -0.0710. The highest BCUT2D eigenvalue weighted by atomic mass is 35.5. The molecule has 1 amide bonds. The normalized spacial score (nSPS) is 13.6. The molecule has 3 aromatic carbocycles. The SMILES string of the molecule is Cl.N=C(N)N1CCC(C(=O)Nc2cccc(OCc3ccc(-c4ccccc4)cc3)c2)CC1. The van der Waals surface area contributed by atoms with Crippen molar-refractivity contribution in [2.75, 3.05) is 18.4 Å². The van der Waals surface area contributed by atoms with E-state index in [1.165, 1.54) is 11.1 Å². The molecule has 1 saturated heterocycles. The third kappa shape index (κ3) is 6.49. The first-order chi connectivity index (χ1) is 15.6. The maximum absolute atomic E-state index is 12.6. The number of piperidine rings is 1. The van der Waals surface area contributed by atoms with Crippen LogP contribution in [-0.4, -0.2) is 29.9 Å². The molecule has 4 rings (SSSR count). The maximum atomic E-state index is 12.6. The Morgan fingerprint density at radius 3 is 2.30 bits per heavy atom. The van der Waals surface area contributed by atoms with Gasteiger partial charge in [-0.1, -0.05) is 60.7 Å². The molecule has 0 atom stereocenters. The van der Waals surface area contributed by atoms with Gasteiger partial charge < -0.3 is 20.7 Å². The van der Waals surface area contributed by atoms with Crippen LogP contribution in [0.15, 0.2) is 78.9 Å². The summed E-state index contributed by atoms with van der Waals surface area (Å²) >= 11 is 0. The van der Waals surface area contributed by atoms with E-state index in [0.29, 0.717) is 38.3 Å². The summed E-state index contributed by atoms with van der Waals surface area (Å²) in [6.07, 6.45) is 1.39. The third-order valence-electron chi connectivity index (χ3n) is 5.77. The Morgan fingerprint density at radius 1 is 0.970 bits per heavy atom. The predicted molar refractivity (Wildman–Crippen MR) is 135 cm³/mol. The van der Waals surface area contributed by atoms with Crippen molar-refractivity contribution in [3.63, 3.8) is 0 Å². The number of ether oxygens (including phenoxy) is 1. The zero-order valence-corrected chi connectivity index (χ0v) is 19.2. The van der Waals surface area contributed by atoms with Gasteiger partial charge in [0.15, 0.2) is 5.96 Å². The fourth-order valence-electron chi connectivity index (χ4n) is 3.88. The van der Waals surface area contributed by atoms with Crippen LogP contribution in [0.3, 0.4) is 0 Å². The molecule has 6 nitrogen and oxygen atoms in total. The molecule has 0 aromatic heterocycles. The number of hydrogen-bond acceptors (Lipinski definition) is 3. The number of amides is 1. The molecule has 0 aliphatic carbocycles. The fraction of sp³-hybridized carbons (Fsp3) is 0.231. The van der Waals surface area contributed by atoms with E-state index in [9.17, 15) is 4.79 Å². The number of nitrogens with zero attached hydrogens (tertiary/aromatic N) is 1. The van der Waals surface area contributed by atoms with Gasteiger partial charge in [-0.05, 0) is 41.7 Å². The van der Waals surface area contributed by atoms with Gasteiger partial charge in [0.2, 0.25) is 5.91 Å². The Morgan fingerprint density at radius 2 is 1.64 bits per heavy atom. The molecule has 4 N–H and O–H groups in total. The number of likely N-dealkylation sites (tertiary alicyclic amines) is 1. The number of carbonyl (C=O) groups excluding carboxylic acids is 1. The molecule has 0 bridgehead atoms. The van der Waals surface area contributed by atoms with Crippen molar-refractivity contribution in [1.82, 2.24) is 4.90 Å². The zero-order valence-electron chi connectivity index (χ0n) is 18.4. The van der Waals surface area contributed by atoms with Crippen LogP contribution in [0.2, 0.25) is 0 Å². The van der Waals surface area contributed by atoms with Crippen molar-refractivity contribution in [3.05, 3.63) is 84.4 Å². The second-order valence-electron chi connectivity index (χ2n) is 8.02. The summed E-state index contributed by atoms with van der Waals surface area (Å²) in [7, 11) is 0. The topological polar surface area (TPSA) is 91.4 Å². The minimum Gasteiger partial charge on any atom is -0.489 e. The summed E-state index contributed by atoms with van der Waals surface area (Å²) < 4.78 is 5.95. The standard InChI is InChI=1S/C26H28N4O2.ClH/c27-26(28)30-15-13-22(14-16-30)25(31)29-23-7-4-8-24(17-23)32-18-19-9-11-21(12-10-19)20-5-2-1-3-6-20;/h1-12,17,22H,13-16,18H2,(H3,27,28)(H,29,31);1H. The van der Waals surface area contributed by atoms with Gasteiger partial charge in [0.1, 0.15) is 12.4 Å². The van der Waals surface area contributed by atoms with E-state index in [4.69, 9.17) is 15.9 Å². The summed E-state index contributed by atoms with van der Waals surface area (Å²) in [5.74, 6) is 0.713. The van der Waals surface area contributed by atoms with Crippen molar-refractivity contribution in [1.29, 1.82) is 5.41 Å². The molecular formula is C26H29ClN4O2. The number of benzene rings is 3. The lowest BCUT2D eigenvalue weighted by Gasteiger charge is -2.31. The van der Waals surface area contributed by atoms with Gasteiger partial charge >= 0.3 is 0 Å². The molecule has 1 fully saturated rings. The number of hydrogen-bond donors (Lipinski definition) is 3. The molecule has 7 heteroatoms. The number of halogens is 1. The number of guanidine groups is 1. The average molecular weight is 465 g/mol. The molecule has 1 heterocycles. The van der Waals surface area contributed by atoms with Crippen LogP contribution in [0, 0.1) is 11.3 Å². The smallest absolute Gasteiger partial charge is 0.227 e. The van der Waals surface area contributed by atoms with Crippen LogP contribution >= 0.6 is 12.4 Å². The average Bonchev–Trinajstić information content (AvgIpc) is 2.84. The lowest BCUT2D eigenvalue weighted by molar-refractivity contribution is -0.121. The molecule has 33 heavy (non-hydrogen) atoms. The van der Waals surface area contributed by atoms with E-state index in [-0.39, 0.29) is 30.2 Å². The van der Waals surface area contributed by atoms with Gasteiger partial charge in [0.05, 0.1) is 0 Å². The zero-order chi connectivity index (χ0) is 22.3. The number of carbonyl (C=O) groups is 1. The van der Waals surface area contributed by atoms with Gasteiger partial charge in [0.25, 0.3) is 0 Å². The van der Waals surface area contributed by atoms with Crippen molar-refractivity contribution in [2.24, 2.45) is 11.7 Å². The second kappa shape index (κ2) is 11.4. The van der Waals surface area contributed by atoms with Crippen molar-refractivity contribution < 1.29 is 9.53 Å². The van der Waals surface area contributed by atoms with Crippen LogP contribution in [0.25, 0.3) is 11.1 Å². The molecule has 0 radical (unpaired) electrons.